The first-order chi connectivity index (χ1) is 9.58. The van der Waals surface area contributed by atoms with Gasteiger partial charge in [-0.25, -0.2) is 0 Å². The van der Waals surface area contributed by atoms with E-state index in [0.29, 0.717) is 23.1 Å². The Morgan fingerprint density at radius 2 is 2.05 bits per heavy atom. The van der Waals surface area contributed by atoms with E-state index in [1.165, 1.54) is 0 Å². The molecular formula is C15H25ClN2O2. The van der Waals surface area contributed by atoms with Gasteiger partial charge in [0.25, 0.3) is 0 Å². The number of methoxy groups -OCH3 is 1. The van der Waals surface area contributed by atoms with Crippen molar-refractivity contribution in [1.29, 1.82) is 0 Å². The average Bonchev–Trinajstić information content (AvgIpc) is 2.40. The fourth-order valence-electron chi connectivity index (χ4n) is 1.76. The average molecular weight is 301 g/mol. The van der Waals surface area contributed by atoms with E-state index in [1.807, 2.05) is 26.2 Å². The van der Waals surface area contributed by atoms with Gasteiger partial charge in [0, 0.05) is 13.1 Å². The summed E-state index contributed by atoms with van der Waals surface area (Å²) in [5.41, 5.74) is 1.10. The number of ether oxygens (including phenoxy) is 2. The number of rotatable bonds is 9. The Morgan fingerprint density at radius 1 is 1.30 bits per heavy atom. The molecule has 20 heavy (non-hydrogen) atoms. The Labute approximate surface area is 127 Å². The van der Waals surface area contributed by atoms with Gasteiger partial charge in [0.05, 0.1) is 12.1 Å². The van der Waals surface area contributed by atoms with E-state index in [0.717, 1.165) is 31.6 Å². The summed E-state index contributed by atoms with van der Waals surface area (Å²) in [6.07, 6.45) is 1.11. The van der Waals surface area contributed by atoms with Gasteiger partial charge in [-0.2, -0.15) is 0 Å². The van der Waals surface area contributed by atoms with Crippen LogP contribution in [0.25, 0.3) is 0 Å². The highest BCUT2D eigenvalue weighted by Crippen LogP contribution is 2.36. The van der Waals surface area contributed by atoms with Gasteiger partial charge in [-0.3, -0.25) is 0 Å². The number of nitrogens with one attached hydrogen (secondary N) is 1. The Bertz CT molecular complexity index is 411. The summed E-state index contributed by atoms with van der Waals surface area (Å²) in [6.45, 7) is 5.32. The molecule has 1 N–H and O–H groups in total. The van der Waals surface area contributed by atoms with Gasteiger partial charge in [0.2, 0.25) is 0 Å². The lowest BCUT2D eigenvalue weighted by atomic mass is 10.2. The van der Waals surface area contributed by atoms with Crippen molar-refractivity contribution in [3.05, 3.63) is 22.7 Å². The van der Waals surface area contributed by atoms with Crippen LogP contribution in [0.4, 0.5) is 0 Å². The van der Waals surface area contributed by atoms with Crippen molar-refractivity contribution in [2.45, 2.75) is 19.9 Å². The third-order valence-corrected chi connectivity index (χ3v) is 3.11. The molecule has 0 saturated carbocycles. The largest absolute Gasteiger partial charge is 0.493 e. The number of halogens is 1. The third-order valence-electron chi connectivity index (χ3n) is 2.83. The molecule has 0 spiro atoms. The number of likely N-dealkylation sites (N-methyl/N-ethyl adjacent to an activating group) is 1. The normalized spacial score (nSPS) is 10.9. The Balaban J connectivity index is 2.74. The lowest BCUT2D eigenvalue weighted by Gasteiger charge is -2.16. The molecule has 0 unspecified atom stereocenters. The number of hydrogen-bond acceptors (Lipinski definition) is 4. The molecule has 0 fully saturated rings. The van der Waals surface area contributed by atoms with Gasteiger partial charge in [-0.1, -0.05) is 18.5 Å². The smallest absolute Gasteiger partial charge is 0.179 e. The van der Waals surface area contributed by atoms with Crippen molar-refractivity contribution >= 4 is 11.6 Å². The van der Waals surface area contributed by atoms with Crippen molar-refractivity contribution in [1.82, 2.24) is 10.2 Å². The maximum atomic E-state index is 6.30. The fraction of sp³-hybridized carbons (Fsp3) is 0.600. The molecular weight excluding hydrogens is 276 g/mol. The molecule has 4 nitrogen and oxygen atoms in total. The molecule has 0 heterocycles. The first-order valence-corrected chi connectivity index (χ1v) is 7.31. The predicted molar refractivity (Wildman–Crippen MR) is 84.1 cm³/mol. The number of benzene rings is 1. The van der Waals surface area contributed by atoms with Crippen LogP contribution in [0.1, 0.15) is 18.9 Å². The maximum Gasteiger partial charge on any atom is 0.179 e. The van der Waals surface area contributed by atoms with Crippen LogP contribution in [0, 0.1) is 0 Å². The summed E-state index contributed by atoms with van der Waals surface area (Å²) in [4.78, 5) is 2.06. The van der Waals surface area contributed by atoms with Gasteiger partial charge in [-0.15, -0.1) is 0 Å². The SMILES string of the molecule is CCCNCc1cc(Cl)c(OCCN(C)C)c(OC)c1. The molecule has 0 radical (unpaired) electrons. The minimum atomic E-state index is 0.580. The van der Waals surface area contributed by atoms with Crippen molar-refractivity contribution < 1.29 is 9.47 Å². The highest BCUT2D eigenvalue weighted by Gasteiger charge is 2.12. The van der Waals surface area contributed by atoms with E-state index < -0.39 is 0 Å². The zero-order valence-corrected chi connectivity index (χ0v) is 13.6. The minimum absolute atomic E-state index is 0.580. The van der Waals surface area contributed by atoms with Crippen LogP contribution in [0.5, 0.6) is 11.5 Å². The number of hydrogen-bond donors (Lipinski definition) is 1. The summed E-state index contributed by atoms with van der Waals surface area (Å²) in [6, 6.07) is 3.90. The highest BCUT2D eigenvalue weighted by molar-refractivity contribution is 6.32. The molecule has 1 rings (SSSR count). The molecule has 0 aliphatic carbocycles. The second-order valence-corrected chi connectivity index (χ2v) is 5.34. The molecule has 0 aliphatic rings. The van der Waals surface area contributed by atoms with E-state index in [1.54, 1.807) is 7.11 Å². The van der Waals surface area contributed by atoms with Gasteiger partial charge in [0.15, 0.2) is 11.5 Å². The molecule has 0 aromatic heterocycles. The maximum absolute atomic E-state index is 6.30. The predicted octanol–water partition coefficient (Wildman–Crippen LogP) is 2.79. The summed E-state index contributed by atoms with van der Waals surface area (Å²) >= 11 is 6.30. The van der Waals surface area contributed by atoms with Gasteiger partial charge < -0.3 is 19.7 Å². The second-order valence-electron chi connectivity index (χ2n) is 4.94. The molecule has 0 saturated heterocycles. The highest BCUT2D eigenvalue weighted by atomic mass is 35.5. The van der Waals surface area contributed by atoms with Crippen LogP contribution in [0.15, 0.2) is 12.1 Å². The molecule has 0 aliphatic heterocycles. The Morgan fingerprint density at radius 3 is 2.65 bits per heavy atom. The molecule has 5 heteroatoms. The van der Waals surface area contributed by atoms with Crippen LogP contribution in [-0.2, 0) is 6.54 Å². The van der Waals surface area contributed by atoms with E-state index in [2.05, 4.69) is 17.1 Å². The first kappa shape index (κ1) is 17.1. The van der Waals surface area contributed by atoms with E-state index >= 15 is 0 Å². The summed E-state index contributed by atoms with van der Waals surface area (Å²) in [5.74, 6) is 1.31. The van der Waals surface area contributed by atoms with Crippen LogP contribution < -0.4 is 14.8 Å². The zero-order chi connectivity index (χ0) is 15.0. The molecule has 1 aromatic carbocycles. The van der Waals surface area contributed by atoms with E-state index in [4.69, 9.17) is 21.1 Å². The van der Waals surface area contributed by atoms with Crippen molar-refractivity contribution in [2.24, 2.45) is 0 Å². The van der Waals surface area contributed by atoms with Crippen LogP contribution in [-0.4, -0.2) is 45.8 Å². The lowest BCUT2D eigenvalue weighted by Crippen LogP contribution is -2.19. The van der Waals surface area contributed by atoms with Crippen LogP contribution >= 0.6 is 11.6 Å². The number of nitrogens with zero attached hydrogens (tertiary/aromatic N) is 1. The molecule has 0 amide bonds. The van der Waals surface area contributed by atoms with Crippen molar-refractivity contribution in [3.8, 4) is 11.5 Å². The summed E-state index contributed by atoms with van der Waals surface area (Å²) in [5, 5.41) is 3.94. The fourth-order valence-corrected chi connectivity index (χ4v) is 2.04. The lowest BCUT2D eigenvalue weighted by molar-refractivity contribution is 0.250. The Hall–Kier alpha value is -0.970. The molecule has 1 aromatic rings. The topological polar surface area (TPSA) is 33.7 Å². The molecule has 114 valence electrons. The van der Waals surface area contributed by atoms with Crippen LogP contribution in [0.3, 0.4) is 0 Å². The monoisotopic (exact) mass is 300 g/mol. The first-order valence-electron chi connectivity index (χ1n) is 6.93. The summed E-state index contributed by atoms with van der Waals surface area (Å²) in [7, 11) is 5.64. The molecule has 0 bridgehead atoms. The second kappa shape index (κ2) is 9.06. The van der Waals surface area contributed by atoms with Crippen molar-refractivity contribution in [3.63, 3.8) is 0 Å². The van der Waals surface area contributed by atoms with Crippen LogP contribution in [0.2, 0.25) is 5.02 Å². The quantitative estimate of drug-likeness (QED) is 0.711. The zero-order valence-electron chi connectivity index (χ0n) is 12.8. The molecule has 0 atom stereocenters. The Kier molecular flexibility index (Phi) is 7.73. The third kappa shape index (κ3) is 5.57. The standard InChI is InChI=1S/C15H25ClN2O2/c1-5-6-17-11-12-9-13(16)15(14(10-12)19-4)20-8-7-18(2)3/h9-10,17H,5-8,11H2,1-4H3. The van der Waals surface area contributed by atoms with E-state index in [-0.39, 0.29) is 0 Å². The van der Waals surface area contributed by atoms with E-state index in [9.17, 15) is 0 Å². The minimum Gasteiger partial charge on any atom is -0.493 e. The van der Waals surface area contributed by atoms with Gasteiger partial charge in [0.1, 0.15) is 6.61 Å². The van der Waals surface area contributed by atoms with Gasteiger partial charge in [-0.05, 0) is 44.8 Å². The van der Waals surface area contributed by atoms with Gasteiger partial charge >= 0.3 is 0 Å². The summed E-state index contributed by atoms with van der Waals surface area (Å²) < 4.78 is 11.1. The van der Waals surface area contributed by atoms with Crippen molar-refractivity contribution in [2.75, 3.05) is 40.9 Å².